The van der Waals surface area contributed by atoms with Crippen molar-refractivity contribution >= 4 is 11.6 Å². The van der Waals surface area contributed by atoms with Gasteiger partial charge in [-0.15, -0.1) is 0 Å². The Kier molecular flexibility index (Phi) is 4.95. The van der Waals surface area contributed by atoms with Crippen molar-refractivity contribution in [2.24, 2.45) is 28.6 Å². The van der Waals surface area contributed by atoms with E-state index >= 15 is 0 Å². The first kappa shape index (κ1) is 19.1. The molecule has 148 valence electrons. The Labute approximate surface area is 163 Å². The van der Waals surface area contributed by atoms with E-state index in [9.17, 15) is 9.59 Å². The van der Waals surface area contributed by atoms with Gasteiger partial charge in [0.25, 0.3) is 0 Å². The van der Waals surface area contributed by atoms with Gasteiger partial charge in [0.1, 0.15) is 5.78 Å². The standard InChI is InChI=1S/C24H34O3/c1-4-5-6-13-27-21-15-17-18-7-8-22(26)24(18,3)12-10-19(17)23(2)11-9-16(25)14-20(21)23/h9,11,14,17-19,21H,4-8,10,12-13,15H2,1-3H3/t17-,18?,19?,21+,23?,24-/m0/s1. The fourth-order valence-corrected chi connectivity index (χ4v) is 6.73. The van der Waals surface area contributed by atoms with E-state index in [2.05, 4.69) is 26.8 Å². The van der Waals surface area contributed by atoms with Crippen molar-refractivity contribution in [1.82, 2.24) is 0 Å². The highest BCUT2D eigenvalue weighted by Crippen LogP contribution is 2.63. The SMILES string of the molecule is CCCCCO[C@@H]1C[C@@H]2C(CC[C@]3(C)C(=O)CCC23)C2(C)C=CC(=O)C=C12. The molecule has 6 atom stereocenters. The number of hydrogen-bond acceptors (Lipinski definition) is 3. The number of Topliss-reactive ketones (excluding diaryl/α,β-unsaturated/α-hetero) is 1. The highest BCUT2D eigenvalue weighted by atomic mass is 16.5. The summed E-state index contributed by atoms with van der Waals surface area (Å²) in [6.45, 7) is 7.49. The van der Waals surface area contributed by atoms with Crippen molar-refractivity contribution < 1.29 is 14.3 Å². The van der Waals surface area contributed by atoms with Gasteiger partial charge in [0.15, 0.2) is 5.78 Å². The van der Waals surface area contributed by atoms with Crippen LogP contribution in [0.25, 0.3) is 0 Å². The lowest BCUT2D eigenvalue weighted by Gasteiger charge is -2.57. The minimum atomic E-state index is -0.125. The van der Waals surface area contributed by atoms with Crippen molar-refractivity contribution in [2.75, 3.05) is 6.61 Å². The smallest absolute Gasteiger partial charge is 0.178 e. The van der Waals surface area contributed by atoms with E-state index in [0.29, 0.717) is 23.5 Å². The molecule has 0 aromatic rings. The van der Waals surface area contributed by atoms with E-state index in [0.717, 1.165) is 45.1 Å². The minimum Gasteiger partial charge on any atom is -0.374 e. The molecule has 0 saturated heterocycles. The molecule has 4 aliphatic rings. The fourth-order valence-electron chi connectivity index (χ4n) is 6.73. The van der Waals surface area contributed by atoms with Crippen LogP contribution in [0.4, 0.5) is 0 Å². The summed E-state index contributed by atoms with van der Waals surface area (Å²) in [6.07, 6.45) is 14.1. The van der Waals surface area contributed by atoms with Crippen LogP contribution in [-0.4, -0.2) is 24.3 Å². The maximum Gasteiger partial charge on any atom is 0.178 e. The van der Waals surface area contributed by atoms with Crippen molar-refractivity contribution in [2.45, 2.75) is 78.2 Å². The van der Waals surface area contributed by atoms with Crippen LogP contribution < -0.4 is 0 Å². The van der Waals surface area contributed by atoms with Crippen LogP contribution in [0.5, 0.6) is 0 Å². The molecule has 0 N–H and O–H groups in total. The Morgan fingerprint density at radius 3 is 2.74 bits per heavy atom. The Morgan fingerprint density at radius 1 is 1.15 bits per heavy atom. The number of ketones is 2. The quantitative estimate of drug-likeness (QED) is 0.636. The summed E-state index contributed by atoms with van der Waals surface area (Å²) >= 11 is 0. The average Bonchev–Trinajstić information content (AvgIpc) is 2.95. The van der Waals surface area contributed by atoms with Crippen LogP contribution in [0.3, 0.4) is 0 Å². The zero-order valence-electron chi connectivity index (χ0n) is 17.1. The third-order valence-electron chi connectivity index (χ3n) is 8.33. The molecular weight excluding hydrogens is 336 g/mol. The molecule has 0 aromatic carbocycles. The van der Waals surface area contributed by atoms with Crippen LogP contribution in [0.2, 0.25) is 0 Å². The van der Waals surface area contributed by atoms with Gasteiger partial charge >= 0.3 is 0 Å². The highest BCUT2D eigenvalue weighted by molar-refractivity contribution is 6.01. The van der Waals surface area contributed by atoms with Crippen LogP contribution in [0.1, 0.15) is 72.1 Å². The Morgan fingerprint density at radius 2 is 1.96 bits per heavy atom. The van der Waals surface area contributed by atoms with Crippen LogP contribution >= 0.6 is 0 Å². The predicted molar refractivity (Wildman–Crippen MR) is 106 cm³/mol. The number of rotatable bonds is 5. The van der Waals surface area contributed by atoms with E-state index in [1.165, 1.54) is 18.4 Å². The summed E-state index contributed by atoms with van der Waals surface area (Å²) in [5.74, 6) is 2.10. The maximum atomic E-state index is 12.6. The zero-order valence-corrected chi connectivity index (χ0v) is 17.1. The molecule has 27 heavy (non-hydrogen) atoms. The number of ether oxygens (including phenoxy) is 1. The van der Waals surface area contributed by atoms with Crippen molar-refractivity contribution in [3.63, 3.8) is 0 Å². The number of allylic oxidation sites excluding steroid dienone is 3. The van der Waals surface area contributed by atoms with Gasteiger partial charge in [-0.1, -0.05) is 39.7 Å². The highest BCUT2D eigenvalue weighted by Gasteiger charge is 2.60. The predicted octanol–water partition coefficient (Wildman–Crippen LogP) is 5.05. The molecule has 3 saturated carbocycles. The van der Waals surface area contributed by atoms with Crippen LogP contribution in [-0.2, 0) is 14.3 Å². The second kappa shape index (κ2) is 6.99. The lowest BCUT2D eigenvalue weighted by atomic mass is 9.48. The largest absolute Gasteiger partial charge is 0.374 e. The lowest BCUT2D eigenvalue weighted by Crippen LogP contribution is -2.53. The molecule has 3 nitrogen and oxygen atoms in total. The van der Waals surface area contributed by atoms with Gasteiger partial charge in [0.2, 0.25) is 0 Å². The summed E-state index contributed by atoms with van der Waals surface area (Å²) in [7, 11) is 0. The van der Waals surface area contributed by atoms with Crippen molar-refractivity contribution in [3.8, 4) is 0 Å². The van der Waals surface area contributed by atoms with E-state index in [4.69, 9.17) is 4.74 Å². The Bertz CT molecular complexity index is 690. The number of fused-ring (bicyclic) bond motifs is 5. The second-order valence-corrected chi connectivity index (χ2v) is 9.72. The van der Waals surface area contributed by atoms with E-state index in [-0.39, 0.29) is 22.7 Å². The maximum absolute atomic E-state index is 12.6. The molecule has 0 spiro atoms. The van der Waals surface area contributed by atoms with E-state index < -0.39 is 0 Å². The summed E-state index contributed by atoms with van der Waals surface area (Å²) in [4.78, 5) is 24.8. The molecule has 4 rings (SSSR count). The third-order valence-corrected chi connectivity index (χ3v) is 8.33. The van der Waals surface area contributed by atoms with Gasteiger partial charge in [-0.2, -0.15) is 0 Å². The molecule has 0 aromatic heterocycles. The molecule has 4 aliphatic carbocycles. The van der Waals surface area contributed by atoms with E-state index in [1.807, 2.05) is 6.08 Å². The summed E-state index contributed by atoms with van der Waals surface area (Å²) < 4.78 is 6.39. The number of unbranched alkanes of at least 4 members (excludes halogenated alkanes) is 2. The Hall–Kier alpha value is -1.22. The van der Waals surface area contributed by atoms with Gasteiger partial charge in [0.05, 0.1) is 6.10 Å². The number of carbonyl (C=O) groups is 2. The first-order valence-corrected chi connectivity index (χ1v) is 11.0. The third kappa shape index (κ3) is 2.97. The Balaban J connectivity index is 1.64. The van der Waals surface area contributed by atoms with Crippen molar-refractivity contribution in [1.29, 1.82) is 0 Å². The topological polar surface area (TPSA) is 43.4 Å². The van der Waals surface area contributed by atoms with Gasteiger partial charge in [-0.3, -0.25) is 9.59 Å². The first-order valence-electron chi connectivity index (χ1n) is 11.0. The first-order chi connectivity index (χ1) is 12.9. The zero-order chi connectivity index (χ0) is 19.2. The molecule has 0 heterocycles. The van der Waals surface area contributed by atoms with Gasteiger partial charge in [0, 0.05) is 23.9 Å². The number of hydrogen-bond donors (Lipinski definition) is 0. The van der Waals surface area contributed by atoms with Gasteiger partial charge < -0.3 is 4.74 Å². The molecule has 0 bridgehead atoms. The summed E-state index contributed by atoms with van der Waals surface area (Å²) in [6, 6.07) is 0. The molecular formula is C24H34O3. The summed E-state index contributed by atoms with van der Waals surface area (Å²) in [5.41, 5.74) is 0.972. The molecule has 3 fully saturated rings. The van der Waals surface area contributed by atoms with E-state index in [1.54, 1.807) is 6.08 Å². The monoisotopic (exact) mass is 370 g/mol. The second-order valence-electron chi connectivity index (χ2n) is 9.72. The van der Waals surface area contributed by atoms with Gasteiger partial charge in [-0.05, 0) is 67.6 Å². The summed E-state index contributed by atoms with van der Waals surface area (Å²) in [5, 5.41) is 0. The molecule has 0 aliphatic heterocycles. The molecule has 3 unspecified atom stereocenters. The average molecular weight is 371 g/mol. The number of carbonyl (C=O) groups excluding carboxylic acids is 2. The lowest BCUT2D eigenvalue weighted by molar-refractivity contribution is -0.133. The normalized spacial score (nSPS) is 43.1. The van der Waals surface area contributed by atoms with Crippen molar-refractivity contribution in [3.05, 3.63) is 23.8 Å². The van der Waals surface area contributed by atoms with Crippen LogP contribution in [0.15, 0.2) is 23.8 Å². The molecule has 3 heteroatoms. The van der Waals surface area contributed by atoms with Crippen LogP contribution in [0, 0.1) is 28.6 Å². The van der Waals surface area contributed by atoms with Gasteiger partial charge in [-0.25, -0.2) is 0 Å². The fraction of sp³-hybridized carbons (Fsp3) is 0.750. The minimum absolute atomic E-state index is 0.0278. The molecule has 0 radical (unpaired) electrons. The molecule has 0 amide bonds.